The minimum Gasteiger partial charge on any atom is -0.403 e. The van der Waals surface area contributed by atoms with Crippen molar-refractivity contribution >= 4 is 22.5 Å². The lowest BCUT2D eigenvalue weighted by Gasteiger charge is -2.12. The number of ether oxygens (including phenoxy) is 1. The van der Waals surface area contributed by atoms with Gasteiger partial charge >= 0.3 is 12.0 Å². The van der Waals surface area contributed by atoms with Crippen LogP contribution >= 0.6 is 11.6 Å². The van der Waals surface area contributed by atoms with Crippen LogP contribution in [0.15, 0.2) is 6.07 Å². The molecule has 0 N–H and O–H groups in total. The van der Waals surface area contributed by atoms with Crippen molar-refractivity contribution in [2.75, 3.05) is 0 Å². The van der Waals surface area contributed by atoms with E-state index in [1.165, 1.54) is 0 Å². The summed E-state index contributed by atoms with van der Waals surface area (Å²) in [5, 5.41) is 8.98. The number of alkyl halides is 5. The highest BCUT2D eigenvalue weighted by molar-refractivity contribution is 6.67. The van der Waals surface area contributed by atoms with Gasteiger partial charge in [0.15, 0.2) is 5.75 Å². The standard InChI is InChI=1S/C8H2ClF5N2O4/c9-6(17)4-2(16(18)19)1-3(20-8(12,13)14)5(15-4)7(10)11/h1,7H. The second kappa shape index (κ2) is 5.53. The SMILES string of the molecule is O=C(Cl)c1nc(C(F)F)c(OC(F)(F)F)cc1[N+](=O)[O-]. The van der Waals surface area contributed by atoms with E-state index in [2.05, 4.69) is 9.72 Å². The Morgan fingerprint density at radius 2 is 2.00 bits per heavy atom. The van der Waals surface area contributed by atoms with Gasteiger partial charge in [0.2, 0.25) is 5.69 Å². The Morgan fingerprint density at radius 3 is 2.35 bits per heavy atom. The number of aromatic nitrogens is 1. The Hall–Kier alpha value is -2.04. The number of pyridine rings is 1. The minimum absolute atomic E-state index is 0.0115. The predicted octanol–water partition coefficient (Wildman–Crippen LogP) is 3.21. The van der Waals surface area contributed by atoms with Crippen molar-refractivity contribution in [3.63, 3.8) is 0 Å². The number of halogens is 6. The van der Waals surface area contributed by atoms with E-state index < -0.39 is 45.8 Å². The van der Waals surface area contributed by atoms with Crippen LogP contribution in [0.5, 0.6) is 5.75 Å². The number of hydrogen-bond acceptors (Lipinski definition) is 5. The van der Waals surface area contributed by atoms with Crippen molar-refractivity contribution < 1.29 is 36.4 Å². The fourth-order valence-corrected chi connectivity index (χ4v) is 1.28. The molecule has 6 nitrogen and oxygen atoms in total. The van der Waals surface area contributed by atoms with E-state index in [1.54, 1.807) is 0 Å². The average molecular weight is 321 g/mol. The highest BCUT2D eigenvalue weighted by Gasteiger charge is 2.36. The predicted molar refractivity (Wildman–Crippen MR) is 52.7 cm³/mol. The van der Waals surface area contributed by atoms with Crippen LogP contribution in [0.1, 0.15) is 22.6 Å². The lowest BCUT2D eigenvalue weighted by atomic mass is 10.2. The molecule has 0 bridgehead atoms. The van der Waals surface area contributed by atoms with Crippen LogP contribution in [-0.2, 0) is 0 Å². The molecule has 1 aromatic rings. The van der Waals surface area contributed by atoms with Gasteiger partial charge in [-0.15, -0.1) is 13.2 Å². The van der Waals surface area contributed by atoms with E-state index in [1.807, 2.05) is 0 Å². The number of nitrogens with zero attached hydrogens (tertiary/aromatic N) is 2. The summed E-state index contributed by atoms with van der Waals surface area (Å²) in [6.45, 7) is 0. The zero-order valence-corrected chi connectivity index (χ0v) is 9.71. The highest BCUT2D eigenvalue weighted by atomic mass is 35.5. The molecule has 1 heterocycles. The second-order valence-corrected chi connectivity index (χ2v) is 3.46. The molecule has 20 heavy (non-hydrogen) atoms. The number of hydrogen-bond donors (Lipinski definition) is 0. The molecule has 12 heteroatoms. The van der Waals surface area contributed by atoms with Crippen molar-refractivity contribution in [2.24, 2.45) is 0 Å². The third-order valence-corrected chi connectivity index (χ3v) is 1.99. The first-order valence-electron chi connectivity index (χ1n) is 4.46. The number of rotatable bonds is 4. The van der Waals surface area contributed by atoms with E-state index in [0.29, 0.717) is 0 Å². The first-order chi connectivity index (χ1) is 9.03. The van der Waals surface area contributed by atoms with Crippen LogP contribution in [0.25, 0.3) is 0 Å². The Kier molecular flexibility index (Phi) is 4.43. The number of carbonyl (C=O) groups excluding carboxylic acids is 1. The molecule has 0 saturated heterocycles. The topological polar surface area (TPSA) is 82.3 Å². The zero-order valence-electron chi connectivity index (χ0n) is 8.95. The molecule has 1 rings (SSSR count). The molecule has 0 spiro atoms. The van der Waals surface area contributed by atoms with Gasteiger partial charge in [0, 0.05) is 0 Å². The maximum atomic E-state index is 12.5. The van der Waals surface area contributed by atoms with Crippen molar-refractivity contribution in [3.05, 3.63) is 27.6 Å². The van der Waals surface area contributed by atoms with Crippen molar-refractivity contribution in [1.82, 2.24) is 4.98 Å². The van der Waals surface area contributed by atoms with Gasteiger partial charge in [-0.2, -0.15) is 0 Å². The fraction of sp³-hybridized carbons (Fsp3) is 0.250. The van der Waals surface area contributed by atoms with Crippen LogP contribution in [0.2, 0.25) is 0 Å². The van der Waals surface area contributed by atoms with Crippen LogP contribution in [0.3, 0.4) is 0 Å². The molecule has 1 aromatic heterocycles. The highest BCUT2D eigenvalue weighted by Crippen LogP contribution is 2.35. The third-order valence-electron chi connectivity index (χ3n) is 1.81. The van der Waals surface area contributed by atoms with Crippen molar-refractivity contribution in [1.29, 1.82) is 0 Å². The summed E-state index contributed by atoms with van der Waals surface area (Å²) in [4.78, 5) is 22.9. The molecule has 0 radical (unpaired) electrons. The normalized spacial score (nSPS) is 11.6. The summed E-state index contributed by atoms with van der Waals surface area (Å²) in [7, 11) is 0. The molecule has 110 valence electrons. The Balaban J connectivity index is 3.53. The van der Waals surface area contributed by atoms with Crippen LogP contribution in [0.4, 0.5) is 27.6 Å². The molecular formula is C8H2ClF5N2O4. The van der Waals surface area contributed by atoms with Gasteiger partial charge in [0.25, 0.3) is 11.7 Å². The minimum atomic E-state index is -5.37. The number of carbonyl (C=O) groups is 1. The van der Waals surface area contributed by atoms with E-state index in [0.717, 1.165) is 0 Å². The van der Waals surface area contributed by atoms with E-state index in [4.69, 9.17) is 11.6 Å². The number of nitro groups is 1. The molecule has 0 fully saturated rings. The summed E-state index contributed by atoms with van der Waals surface area (Å²) in [6.07, 6.45) is -8.94. The van der Waals surface area contributed by atoms with E-state index >= 15 is 0 Å². The molecule has 0 aromatic carbocycles. The van der Waals surface area contributed by atoms with Gasteiger partial charge in [0.1, 0.15) is 5.69 Å². The summed E-state index contributed by atoms with van der Waals surface area (Å²) < 4.78 is 64.4. The molecule has 0 aliphatic rings. The Morgan fingerprint density at radius 1 is 1.45 bits per heavy atom. The lowest BCUT2D eigenvalue weighted by molar-refractivity contribution is -0.385. The van der Waals surface area contributed by atoms with Crippen molar-refractivity contribution in [2.45, 2.75) is 12.8 Å². The fourth-order valence-electron chi connectivity index (χ4n) is 1.15. The molecular weight excluding hydrogens is 319 g/mol. The quantitative estimate of drug-likeness (QED) is 0.368. The van der Waals surface area contributed by atoms with Gasteiger partial charge in [0.05, 0.1) is 11.0 Å². The maximum Gasteiger partial charge on any atom is 0.573 e. The second-order valence-electron chi connectivity index (χ2n) is 3.12. The van der Waals surface area contributed by atoms with Gasteiger partial charge < -0.3 is 4.74 Å². The van der Waals surface area contributed by atoms with E-state index in [-0.39, 0.29) is 6.07 Å². The van der Waals surface area contributed by atoms with Gasteiger partial charge in [-0.3, -0.25) is 14.9 Å². The van der Waals surface area contributed by atoms with Gasteiger partial charge in [-0.05, 0) is 11.6 Å². The summed E-state index contributed by atoms with van der Waals surface area (Å²) >= 11 is 4.90. The monoisotopic (exact) mass is 320 g/mol. The van der Waals surface area contributed by atoms with Crippen LogP contribution in [-0.4, -0.2) is 21.5 Å². The first kappa shape index (κ1) is 16.0. The molecule has 0 saturated carbocycles. The summed E-state index contributed by atoms with van der Waals surface area (Å²) in [5.74, 6) is -1.58. The first-order valence-corrected chi connectivity index (χ1v) is 4.83. The molecule has 0 aliphatic heterocycles. The van der Waals surface area contributed by atoms with Crippen LogP contribution in [0, 0.1) is 10.1 Å². The Labute approximate surface area is 111 Å². The third kappa shape index (κ3) is 3.73. The van der Waals surface area contributed by atoms with Crippen LogP contribution < -0.4 is 4.74 Å². The molecule has 0 unspecified atom stereocenters. The maximum absolute atomic E-state index is 12.5. The summed E-state index contributed by atoms with van der Waals surface area (Å²) in [6, 6.07) is 0.0115. The zero-order chi connectivity index (χ0) is 15.7. The smallest absolute Gasteiger partial charge is 0.403 e. The van der Waals surface area contributed by atoms with Gasteiger partial charge in [-0.25, -0.2) is 13.8 Å². The molecule has 0 amide bonds. The largest absolute Gasteiger partial charge is 0.573 e. The van der Waals surface area contributed by atoms with Crippen molar-refractivity contribution in [3.8, 4) is 5.75 Å². The molecule has 0 atom stereocenters. The lowest BCUT2D eigenvalue weighted by Crippen LogP contribution is -2.19. The Bertz CT molecular complexity index is 563. The summed E-state index contributed by atoms with van der Waals surface area (Å²) in [5.41, 5.74) is -4.08. The van der Waals surface area contributed by atoms with E-state index in [9.17, 15) is 36.9 Å². The average Bonchev–Trinajstić information content (AvgIpc) is 2.25. The molecule has 0 aliphatic carbocycles. The van der Waals surface area contributed by atoms with Gasteiger partial charge in [-0.1, -0.05) is 0 Å².